The lowest BCUT2D eigenvalue weighted by molar-refractivity contribution is -0.193. The number of carboxylic acid groups (broad SMARTS) is 2. The fraction of sp³-hybridized carbons (Fsp3) is 0.240. The molecule has 0 fully saturated rings. The van der Waals surface area contributed by atoms with Gasteiger partial charge in [0.05, 0.1) is 13.2 Å². The summed E-state index contributed by atoms with van der Waals surface area (Å²) in [6, 6.07) is 3.04. The molecule has 1 aromatic carbocycles. The summed E-state index contributed by atoms with van der Waals surface area (Å²) in [5.74, 6) is -4.73. The molecule has 0 bridgehead atoms. The monoisotopic (exact) mass is 650 g/mol. The molecule has 44 heavy (non-hydrogen) atoms. The zero-order chi connectivity index (χ0) is 33.6. The fourth-order valence-electron chi connectivity index (χ4n) is 3.64. The van der Waals surface area contributed by atoms with Gasteiger partial charge in [-0.25, -0.2) is 29.5 Å². The topological polar surface area (TPSA) is 183 Å². The molecule has 4 aromatic rings. The highest BCUT2D eigenvalue weighted by Crippen LogP contribution is 2.43. The lowest BCUT2D eigenvalue weighted by atomic mass is 9.95. The number of ether oxygens (including phenoxy) is 1. The lowest BCUT2D eigenvalue weighted by Crippen LogP contribution is -2.21. The number of benzene rings is 1. The quantitative estimate of drug-likeness (QED) is 0.261. The van der Waals surface area contributed by atoms with E-state index in [0.29, 0.717) is 16.4 Å². The lowest BCUT2D eigenvalue weighted by Gasteiger charge is -2.24. The Balaban J connectivity index is 0.000000402. The molecule has 0 saturated carbocycles. The Labute approximate surface area is 247 Å². The summed E-state index contributed by atoms with van der Waals surface area (Å²) in [5, 5.41) is 15.1. The van der Waals surface area contributed by atoms with Crippen molar-refractivity contribution in [3.8, 4) is 16.9 Å². The standard InChI is InChI=1S/C21H19ClN6O2.2C2HF3O2/c1-11-15(22)6-14(19(30-3)17(11)13-7-24-9-25-8-13)12(2)28-5-4-16(29)18-20(23)26-10-27-21(18)28;2*3-2(4,5)1(6)7/h4-10,12H,1-3H3,(H2,23,26,27);2*(H,6,7). The van der Waals surface area contributed by atoms with Crippen LogP contribution in [0.2, 0.25) is 5.02 Å². The van der Waals surface area contributed by atoms with Gasteiger partial charge in [-0.1, -0.05) is 11.6 Å². The molecule has 4 rings (SSSR count). The average Bonchev–Trinajstić information content (AvgIpc) is 2.94. The van der Waals surface area contributed by atoms with Crippen LogP contribution in [0.25, 0.3) is 22.2 Å². The highest BCUT2D eigenvalue weighted by atomic mass is 35.5. The third-order valence-electron chi connectivity index (χ3n) is 5.64. The minimum absolute atomic E-state index is 0.141. The van der Waals surface area contributed by atoms with Gasteiger partial charge in [-0.15, -0.1) is 0 Å². The van der Waals surface area contributed by atoms with Crippen molar-refractivity contribution in [2.45, 2.75) is 32.2 Å². The van der Waals surface area contributed by atoms with Crippen LogP contribution in [0.4, 0.5) is 32.2 Å². The third-order valence-corrected chi connectivity index (χ3v) is 6.04. The van der Waals surface area contributed by atoms with E-state index in [4.69, 9.17) is 41.9 Å². The number of aromatic nitrogens is 5. The van der Waals surface area contributed by atoms with Crippen LogP contribution in [0.5, 0.6) is 5.75 Å². The summed E-state index contributed by atoms with van der Waals surface area (Å²) >= 11 is 6.60. The van der Waals surface area contributed by atoms with Crippen LogP contribution in [0.3, 0.4) is 0 Å². The van der Waals surface area contributed by atoms with Gasteiger partial charge in [0, 0.05) is 46.4 Å². The van der Waals surface area contributed by atoms with Crippen molar-refractivity contribution in [2.75, 3.05) is 12.8 Å². The number of carboxylic acids is 2. The molecule has 0 aliphatic rings. The van der Waals surface area contributed by atoms with Crippen LogP contribution in [0, 0.1) is 6.92 Å². The first-order valence-corrected chi connectivity index (χ1v) is 12.0. The Morgan fingerprint density at radius 3 is 2.02 bits per heavy atom. The van der Waals surface area contributed by atoms with Gasteiger partial charge in [-0.05, 0) is 25.5 Å². The summed E-state index contributed by atoms with van der Waals surface area (Å²) in [6.07, 6.45) is -2.25. The number of hydrogen-bond donors (Lipinski definition) is 3. The number of nitrogens with two attached hydrogens (primary N) is 1. The number of pyridine rings is 1. The molecule has 3 heterocycles. The van der Waals surface area contributed by atoms with E-state index in [0.717, 1.165) is 22.3 Å². The smallest absolute Gasteiger partial charge is 0.490 e. The van der Waals surface area contributed by atoms with E-state index in [1.54, 1.807) is 25.7 Å². The molecule has 1 unspecified atom stereocenters. The molecule has 0 radical (unpaired) electrons. The van der Waals surface area contributed by atoms with E-state index in [1.165, 1.54) is 18.7 Å². The van der Waals surface area contributed by atoms with Gasteiger partial charge in [0.1, 0.15) is 35.3 Å². The minimum Gasteiger partial charge on any atom is -0.496 e. The zero-order valence-electron chi connectivity index (χ0n) is 22.6. The van der Waals surface area contributed by atoms with Gasteiger partial charge in [0.25, 0.3) is 0 Å². The molecule has 1 atom stereocenters. The fourth-order valence-corrected chi connectivity index (χ4v) is 3.85. The van der Waals surface area contributed by atoms with Gasteiger partial charge in [-0.3, -0.25) is 4.79 Å². The molecule has 12 nitrogen and oxygen atoms in total. The van der Waals surface area contributed by atoms with E-state index in [2.05, 4.69) is 19.9 Å². The van der Waals surface area contributed by atoms with Gasteiger partial charge < -0.3 is 25.3 Å². The van der Waals surface area contributed by atoms with Crippen LogP contribution < -0.4 is 15.9 Å². The first kappa shape index (κ1) is 35.2. The summed E-state index contributed by atoms with van der Waals surface area (Å²) in [7, 11) is 1.61. The number of anilines is 1. The average molecular weight is 651 g/mol. The highest BCUT2D eigenvalue weighted by Gasteiger charge is 2.38. The second-order valence-corrected chi connectivity index (χ2v) is 8.84. The molecule has 236 valence electrons. The molecule has 3 aromatic heterocycles. The Kier molecular flexibility index (Phi) is 11.2. The zero-order valence-corrected chi connectivity index (χ0v) is 23.4. The van der Waals surface area contributed by atoms with Crippen molar-refractivity contribution in [3.63, 3.8) is 0 Å². The van der Waals surface area contributed by atoms with Crippen molar-refractivity contribution in [1.29, 1.82) is 0 Å². The maximum atomic E-state index is 12.3. The maximum Gasteiger partial charge on any atom is 0.490 e. The number of fused-ring (bicyclic) bond motifs is 1. The van der Waals surface area contributed by atoms with E-state index < -0.39 is 24.3 Å². The Morgan fingerprint density at radius 2 is 1.55 bits per heavy atom. The van der Waals surface area contributed by atoms with Crippen molar-refractivity contribution in [2.24, 2.45) is 0 Å². The second-order valence-electron chi connectivity index (χ2n) is 8.43. The number of hydrogen-bond acceptors (Lipinski definition) is 9. The van der Waals surface area contributed by atoms with Gasteiger partial charge >= 0.3 is 24.3 Å². The molecular formula is C25H21ClF6N6O6. The van der Waals surface area contributed by atoms with Gasteiger partial charge in [-0.2, -0.15) is 26.3 Å². The number of aliphatic carboxylic acids is 2. The first-order valence-electron chi connectivity index (χ1n) is 11.7. The summed E-state index contributed by atoms with van der Waals surface area (Å²) < 4.78 is 71.1. The summed E-state index contributed by atoms with van der Waals surface area (Å²) in [4.78, 5) is 46.6. The third kappa shape index (κ3) is 8.30. The molecule has 0 spiro atoms. The number of rotatable bonds is 4. The molecule has 4 N–H and O–H groups in total. The minimum atomic E-state index is -5.08. The van der Waals surface area contributed by atoms with Crippen molar-refractivity contribution < 1.29 is 50.9 Å². The summed E-state index contributed by atoms with van der Waals surface area (Å²) in [5.41, 5.74) is 9.42. The van der Waals surface area contributed by atoms with Gasteiger partial charge in [0.2, 0.25) is 0 Å². The predicted molar refractivity (Wildman–Crippen MR) is 143 cm³/mol. The van der Waals surface area contributed by atoms with Crippen LogP contribution in [0.15, 0.2) is 48.2 Å². The molecule has 0 aliphatic heterocycles. The number of halogens is 7. The molecular weight excluding hydrogens is 630 g/mol. The largest absolute Gasteiger partial charge is 0.496 e. The number of nitrogen functional groups attached to an aromatic ring is 1. The number of methoxy groups -OCH3 is 1. The van der Waals surface area contributed by atoms with E-state index >= 15 is 0 Å². The Bertz CT molecular complexity index is 1690. The summed E-state index contributed by atoms with van der Waals surface area (Å²) in [6.45, 7) is 3.89. The van der Waals surface area contributed by atoms with Crippen LogP contribution in [-0.2, 0) is 9.59 Å². The molecule has 0 saturated heterocycles. The van der Waals surface area contributed by atoms with Gasteiger partial charge in [0.15, 0.2) is 5.43 Å². The first-order chi connectivity index (χ1) is 20.3. The van der Waals surface area contributed by atoms with E-state index in [9.17, 15) is 31.1 Å². The number of alkyl halides is 6. The molecule has 0 aliphatic carbocycles. The predicted octanol–water partition coefficient (Wildman–Crippen LogP) is 4.68. The number of nitrogens with zero attached hydrogens (tertiary/aromatic N) is 5. The van der Waals surface area contributed by atoms with Crippen LogP contribution >= 0.6 is 11.6 Å². The molecule has 0 amide bonds. The highest BCUT2D eigenvalue weighted by molar-refractivity contribution is 6.32. The number of carbonyl (C=O) groups is 2. The maximum absolute atomic E-state index is 12.3. The van der Waals surface area contributed by atoms with Crippen molar-refractivity contribution >= 4 is 40.4 Å². The molecule has 19 heteroatoms. The Hall–Kier alpha value is -5.00. The van der Waals surface area contributed by atoms with Crippen LogP contribution in [-0.4, -0.2) is 66.1 Å². The SMILES string of the molecule is COc1c(C(C)n2ccc(=O)c3c(N)ncnc32)cc(Cl)c(C)c1-c1cncnc1.O=C(O)C(F)(F)F.O=C(O)C(F)(F)F. The second kappa shape index (κ2) is 14.0. The van der Waals surface area contributed by atoms with E-state index in [1.807, 2.05) is 24.5 Å². The Morgan fingerprint density at radius 1 is 1.02 bits per heavy atom. The van der Waals surface area contributed by atoms with E-state index in [-0.39, 0.29) is 22.7 Å². The van der Waals surface area contributed by atoms with Crippen LogP contribution in [0.1, 0.15) is 24.1 Å². The van der Waals surface area contributed by atoms with Crippen molar-refractivity contribution in [3.05, 3.63) is 69.8 Å². The normalized spacial score (nSPS) is 11.9. The van der Waals surface area contributed by atoms with Crippen molar-refractivity contribution in [1.82, 2.24) is 24.5 Å².